The van der Waals surface area contributed by atoms with Gasteiger partial charge in [-0.3, -0.25) is 0 Å². The van der Waals surface area contributed by atoms with Crippen molar-refractivity contribution in [3.63, 3.8) is 0 Å². The zero-order valence-electron chi connectivity index (χ0n) is 27.0. The van der Waals surface area contributed by atoms with Crippen LogP contribution >= 0.6 is 0 Å². The summed E-state index contributed by atoms with van der Waals surface area (Å²) in [5.41, 5.74) is 3.61. The number of hydrogen-bond acceptors (Lipinski definition) is 11. The third-order valence-corrected chi connectivity index (χ3v) is 6.20. The summed E-state index contributed by atoms with van der Waals surface area (Å²) in [4.78, 5) is 6.56. The lowest BCUT2D eigenvalue weighted by molar-refractivity contribution is -0.176. The third-order valence-electron chi connectivity index (χ3n) is 6.20. The maximum atomic E-state index is 11.9. The molecule has 0 bridgehead atoms. The van der Waals surface area contributed by atoms with E-state index in [1.54, 1.807) is 0 Å². The van der Waals surface area contributed by atoms with Gasteiger partial charge >= 0.3 is 6.18 Å². The minimum absolute atomic E-state index is 0.0806. The van der Waals surface area contributed by atoms with Gasteiger partial charge in [0.2, 0.25) is 5.89 Å². The van der Waals surface area contributed by atoms with Crippen molar-refractivity contribution in [2.75, 3.05) is 118 Å². The van der Waals surface area contributed by atoms with E-state index >= 15 is 0 Å². The van der Waals surface area contributed by atoms with Gasteiger partial charge in [-0.25, -0.2) is 4.98 Å². The lowest BCUT2D eigenvalue weighted by atomic mass is 10.2. The summed E-state index contributed by atoms with van der Waals surface area (Å²) in [6, 6.07) is 13.8. The molecule has 0 N–H and O–H groups in total. The largest absolute Gasteiger partial charge is 0.491 e. The second-order valence-electron chi connectivity index (χ2n) is 10.2. The van der Waals surface area contributed by atoms with Crippen molar-refractivity contribution < 1.29 is 55.5 Å². The maximum Gasteiger partial charge on any atom is 0.411 e. The molecule has 0 aliphatic rings. The van der Waals surface area contributed by atoms with Crippen LogP contribution in [-0.4, -0.2) is 124 Å². The Hall–Kier alpha value is -3.24. The Morgan fingerprint density at radius 2 is 1.13 bits per heavy atom. The van der Waals surface area contributed by atoms with E-state index in [-0.39, 0.29) is 19.8 Å². The first-order chi connectivity index (χ1) is 22.8. The molecule has 0 fully saturated rings. The van der Waals surface area contributed by atoms with Gasteiger partial charge in [-0.1, -0.05) is 12.1 Å². The molecule has 47 heavy (non-hydrogen) atoms. The molecule has 0 radical (unpaired) electrons. The quantitative estimate of drug-likeness (QED) is 0.106. The lowest BCUT2D eigenvalue weighted by Gasteiger charge is -2.11. The number of aromatic nitrogens is 1. The monoisotopic (exact) mass is 670 g/mol. The zero-order chi connectivity index (χ0) is 33.6. The molecule has 1 aromatic heterocycles. The fourth-order valence-electron chi connectivity index (χ4n) is 3.86. The smallest absolute Gasteiger partial charge is 0.411 e. The molecule has 1 heterocycles. The summed E-state index contributed by atoms with van der Waals surface area (Å²) in [7, 11) is 4.02. The number of fused-ring (bicyclic) bond motifs is 1. The van der Waals surface area contributed by atoms with Crippen molar-refractivity contribution in [2.45, 2.75) is 6.18 Å². The number of ether oxygens (including phenoxy) is 8. The molecule has 14 heteroatoms. The lowest BCUT2D eigenvalue weighted by Crippen LogP contribution is -2.19. The first-order valence-electron chi connectivity index (χ1n) is 15.4. The molecule has 0 unspecified atom stereocenters. The summed E-state index contributed by atoms with van der Waals surface area (Å²) < 4.78 is 84.1. The molecular weight excluding hydrogens is 625 g/mol. The summed E-state index contributed by atoms with van der Waals surface area (Å²) in [5.74, 6) is 1.20. The molecule has 0 aliphatic heterocycles. The molecule has 0 atom stereocenters. The Morgan fingerprint density at radius 1 is 0.638 bits per heavy atom. The number of benzene rings is 2. The highest BCUT2D eigenvalue weighted by Crippen LogP contribution is 2.23. The van der Waals surface area contributed by atoms with Crippen molar-refractivity contribution in [1.29, 1.82) is 0 Å². The molecule has 2 aromatic carbocycles. The number of alkyl halides is 3. The van der Waals surface area contributed by atoms with Crippen LogP contribution in [0.5, 0.6) is 5.75 Å². The van der Waals surface area contributed by atoms with Crippen LogP contribution in [0.15, 0.2) is 46.9 Å². The maximum absolute atomic E-state index is 11.9. The van der Waals surface area contributed by atoms with Gasteiger partial charge in [-0.05, 0) is 35.9 Å². The number of oxazole rings is 1. The predicted molar refractivity (Wildman–Crippen MR) is 171 cm³/mol. The van der Waals surface area contributed by atoms with E-state index in [0.717, 1.165) is 16.8 Å². The van der Waals surface area contributed by atoms with Crippen molar-refractivity contribution in [1.82, 2.24) is 4.98 Å². The average molecular weight is 671 g/mol. The molecule has 262 valence electrons. The van der Waals surface area contributed by atoms with E-state index in [2.05, 4.69) is 26.8 Å². The van der Waals surface area contributed by atoms with E-state index in [1.807, 2.05) is 56.6 Å². The van der Waals surface area contributed by atoms with Crippen LogP contribution in [0.2, 0.25) is 0 Å². The van der Waals surface area contributed by atoms with Gasteiger partial charge in [-0.2, -0.15) is 13.2 Å². The van der Waals surface area contributed by atoms with Crippen molar-refractivity contribution in [2.24, 2.45) is 0 Å². The van der Waals surface area contributed by atoms with Crippen molar-refractivity contribution >= 4 is 28.9 Å². The van der Waals surface area contributed by atoms with Crippen LogP contribution < -0.4 is 9.64 Å². The minimum atomic E-state index is -4.32. The molecule has 0 aliphatic carbocycles. The molecule has 11 nitrogen and oxygen atoms in total. The molecule has 0 saturated carbocycles. The highest BCUT2D eigenvalue weighted by atomic mass is 19.4. The minimum Gasteiger partial charge on any atom is -0.491 e. The number of anilines is 1. The average Bonchev–Trinajstić information content (AvgIpc) is 3.46. The van der Waals surface area contributed by atoms with Gasteiger partial charge < -0.3 is 47.2 Å². The summed E-state index contributed by atoms with van der Waals surface area (Å²) in [5, 5.41) is 0. The van der Waals surface area contributed by atoms with Gasteiger partial charge in [0, 0.05) is 31.9 Å². The van der Waals surface area contributed by atoms with Crippen LogP contribution in [0.25, 0.3) is 23.3 Å². The van der Waals surface area contributed by atoms with Crippen LogP contribution in [0, 0.1) is 0 Å². The third kappa shape index (κ3) is 17.5. The van der Waals surface area contributed by atoms with E-state index in [0.29, 0.717) is 89.9 Å². The molecular formula is C33H45F3N2O9. The van der Waals surface area contributed by atoms with Gasteiger partial charge in [-0.15, -0.1) is 0 Å². The zero-order valence-corrected chi connectivity index (χ0v) is 27.0. The van der Waals surface area contributed by atoms with Gasteiger partial charge in [0.1, 0.15) is 24.5 Å². The first kappa shape index (κ1) is 38.2. The van der Waals surface area contributed by atoms with Crippen LogP contribution in [-0.2, 0) is 33.2 Å². The van der Waals surface area contributed by atoms with Gasteiger partial charge in [0.05, 0.1) is 85.9 Å². The van der Waals surface area contributed by atoms with E-state index in [9.17, 15) is 13.2 Å². The van der Waals surface area contributed by atoms with Crippen molar-refractivity contribution in [3.8, 4) is 5.75 Å². The second-order valence-corrected chi connectivity index (χ2v) is 10.2. The Kier molecular flexibility index (Phi) is 18.2. The Bertz CT molecular complexity index is 1270. The normalized spacial score (nSPS) is 12.0. The van der Waals surface area contributed by atoms with Crippen LogP contribution in [0.3, 0.4) is 0 Å². The molecule has 3 aromatic rings. The summed E-state index contributed by atoms with van der Waals surface area (Å²) in [6.07, 6.45) is -0.506. The van der Waals surface area contributed by atoms with Crippen LogP contribution in [0.1, 0.15) is 11.5 Å². The van der Waals surface area contributed by atoms with Crippen molar-refractivity contribution in [3.05, 3.63) is 53.9 Å². The van der Waals surface area contributed by atoms with E-state index < -0.39 is 12.8 Å². The number of nitrogens with zero attached hydrogens (tertiary/aromatic N) is 2. The molecule has 0 saturated heterocycles. The van der Waals surface area contributed by atoms with Crippen LogP contribution in [0.4, 0.5) is 18.9 Å². The number of halogens is 3. The number of hydrogen-bond donors (Lipinski definition) is 0. The highest BCUT2D eigenvalue weighted by molar-refractivity contribution is 5.77. The summed E-state index contributed by atoms with van der Waals surface area (Å²) >= 11 is 0. The standard InChI is InChI=1S/C33H45F3N2O9/c1-38(2)28-6-3-27(4-7-28)5-10-32-37-30-9-8-29(25-31(30)47-32)46-24-23-44-20-19-42-16-15-40-12-11-39-13-14-41-17-18-43-21-22-45-26-33(34,35)36/h3-10,25H,11-24,26H2,1-2H3. The van der Waals surface area contributed by atoms with E-state index in [4.69, 9.17) is 37.6 Å². The van der Waals surface area contributed by atoms with E-state index in [1.165, 1.54) is 0 Å². The van der Waals surface area contributed by atoms with Gasteiger partial charge in [0.15, 0.2) is 5.58 Å². The topological polar surface area (TPSA) is 103 Å². The Morgan fingerprint density at radius 3 is 1.62 bits per heavy atom. The Balaban J connectivity index is 1.09. The van der Waals surface area contributed by atoms with Gasteiger partial charge in [0.25, 0.3) is 0 Å². The Labute approximate surface area is 273 Å². The predicted octanol–water partition coefficient (Wildman–Crippen LogP) is 5.12. The second kappa shape index (κ2) is 22.4. The highest BCUT2D eigenvalue weighted by Gasteiger charge is 2.27. The molecule has 0 spiro atoms. The molecule has 0 amide bonds. The number of rotatable bonds is 26. The fraction of sp³-hybridized carbons (Fsp3) is 0.545. The SMILES string of the molecule is CN(C)c1ccc(C=Cc2nc3ccc(OCCOCCOCCOCCOCCOCCOCCOCC(F)(F)F)cc3o2)cc1. The molecule has 3 rings (SSSR count). The fourth-order valence-corrected chi connectivity index (χ4v) is 3.86. The first-order valence-corrected chi connectivity index (χ1v) is 15.4. The summed E-state index contributed by atoms with van der Waals surface area (Å²) in [6.45, 7) is 3.51.